The van der Waals surface area contributed by atoms with E-state index in [1.165, 1.54) is 0 Å². The Morgan fingerprint density at radius 1 is 1.26 bits per heavy atom. The second kappa shape index (κ2) is 5.87. The second-order valence-corrected chi connectivity index (χ2v) is 5.07. The van der Waals surface area contributed by atoms with Crippen LogP contribution in [0.4, 0.5) is 0 Å². The van der Waals surface area contributed by atoms with Gasteiger partial charge >= 0.3 is 0 Å². The van der Waals surface area contributed by atoms with Crippen LogP contribution in [0.1, 0.15) is 24.1 Å². The van der Waals surface area contributed by atoms with Crippen LogP contribution in [0.2, 0.25) is 0 Å². The maximum Gasteiger partial charge on any atom is 0.141 e. The van der Waals surface area contributed by atoms with Crippen LogP contribution >= 0.6 is 15.9 Å². The predicted molar refractivity (Wildman–Crippen MR) is 78.0 cm³/mol. The van der Waals surface area contributed by atoms with Crippen molar-refractivity contribution >= 4 is 15.9 Å². The molecule has 2 N–H and O–H groups in total. The van der Waals surface area contributed by atoms with E-state index in [1.54, 1.807) is 18.2 Å². The van der Waals surface area contributed by atoms with Gasteiger partial charge in [0.15, 0.2) is 0 Å². The van der Waals surface area contributed by atoms with Crippen molar-refractivity contribution in [1.29, 1.82) is 5.26 Å². The van der Waals surface area contributed by atoms with Gasteiger partial charge in [-0.25, -0.2) is 0 Å². The lowest BCUT2D eigenvalue weighted by atomic mass is 10.1. The summed E-state index contributed by atoms with van der Waals surface area (Å²) in [6, 6.07) is 14.8. The highest BCUT2D eigenvalue weighted by molar-refractivity contribution is 9.10. The predicted octanol–water partition coefficient (Wildman–Crippen LogP) is 4.13. The topological polar surface area (TPSA) is 59.0 Å². The molecule has 0 heterocycles. The van der Waals surface area contributed by atoms with Crippen molar-refractivity contribution in [1.82, 2.24) is 0 Å². The number of nitrogens with zero attached hydrogens (tertiary/aromatic N) is 1. The standard InChI is InChI=1S/C15H13BrN2O/c1-10(18)12-5-6-15(14(16)8-12)19-13-4-2-3-11(7-13)9-17/h2-8,10H,18H2,1H3/t10-/m1/s1. The van der Waals surface area contributed by atoms with Gasteiger partial charge in [0.25, 0.3) is 0 Å². The highest BCUT2D eigenvalue weighted by atomic mass is 79.9. The van der Waals surface area contributed by atoms with E-state index in [0.29, 0.717) is 17.1 Å². The van der Waals surface area contributed by atoms with Crippen LogP contribution in [-0.2, 0) is 0 Å². The lowest BCUT2D eigenvalue weighted by molar-refractivity contribution is 0.479. The maximum atomic E-state index is 8.85. The van der Waals surface area contributed by atoms with Gasteiger partial charge in [-0.3, -0.25) is 0 Å². The smallest absolute Gasteiger partial charge is 0.141 e. The molecular weight excluding hydrogens is 304 g/mol. The molecule has 3 nitrogen and oxygen atoms in total. The molecule has 2 rings (SSSR count). The van der Waals surface area contributed by atoms with Gasteiger partial charge in [0.1, 0.15) is 11.5 Å². The molecule has 0 aliphatic heterocycles. The molecule has 0 fully saturated rings. The van der Waals surface area contributed by atoms with Crippen LogP contribution in [-0.4, -0.2) is 0 Å². The third-order valence-electron chi connectivity index (χ3n) is 2.67. The minimum atomic E-state index is -0.0210. The van der Waals surface area contributed by atoms with Gasteiger partial charge in [0.2, 0.25) is 0 Å². The van der Waals surface area contributed by atoms with Crippen LogP contribution in [0, 0.1) is 11.3 Å². The average molecular weight is 317 g/mol. The Balaban J connectivity index is 2.26. The van der Waals surface area contributed by atoms with Gasteiger partial charge in [-0.05, 0) is 58.7 Å². The van der Waals surface area contributed by atoms with Crippen molar-refractivity contribution in [2.75, 3.05) is 0 Å². The van der Waals surface area contributed by atoms with Crippen molar-refractivity contribution in [2.45, 2.75) is 13.0 Å². The number of nitrogens with two attached hydrogens (primary N) is 1. The van der Waals surface area contributed by atoms with Gasteiger partial charge in [-0.2, -0.15) is 5.26 Å². The van der Waals surface area contributed by atoms with E-state index >= 15 is 0 Å². The molecule has 0 saturated carbocycles. The van der Waals surface area contributed by atoms with Gasteiger partial charge in [-0.15, -0.1) is 0 Å². The summed E-state index contributed by atoms with van der Waals surface area (Å²) in [6.07, 6.45) is 0. The molecule has 0 aromatic heterocycles. The molecule has 19 heavy (non-hydrogen) atoms. The normalized spacial score (nSPS) is 11.7. The average Bonchev–Trinajstić information content (AvgIpc) is 2.41. The first-order chi connectivity index (χ1) is 9.10. The summed E-state index contributed by atoms with van der Waals surface area (Å²) < 4.78 is 6.59. The molecule has 2 aromatic carbocycles. The number of hydrogen-bond acceptors (Lipinski definition) is 3. The SMILES string of the molecule is C[C@@H](N)c1ccc(Oc2cccc(C#N)c2)c(Br)c1. The molecular formula is C15H13BrN2O. The van der Waals surface area contributed by atoms with Gasteiger partial charge in [0, 0.05) is 6.04 Å². The number of benzene rings is 2. The molecule has 0 aliphatic carbocycles. The van der Waals surface area contributed by atoms with Gasteiger partial charge in [0.05, 0.1) is 16.1 Å². The summed E-state index contributed by atoms with van der Waals surface area (Å²) >= 11 is 3.46. The summed E-state index contributed by atoms with van der Waals surface area (Å²) in [4.78, 5) is 0. The van der Waals surface area contributed by atoms with Crippen LogP contribution in [0.25, 0.3) is 0 Å². The third kappa shape index (κ3) is 3.34. The van der Waals surface area contributed by atoms with Crippen LogP contribution in [0.15, 0.2) is 46.9 Å². The minimum Gasteiger partial charge on any atom is -0.456 e. The Kier molecular flexibility index (Phi) is 4.20. The second-order valence-electron chi connectivity index (χ2n) is 4.22. The first-order valence-electron chi connectivity index (χ1n) is 5.83. The molecule has 0 aliphatic rings. The largest absolute Gasteiger partial charge is 0.456 e. The van der Waals surface area contributed by atoms with E-state index in [9.17, 15) is 0 Å². The van der Waals surface area contributed by atoms with E-state index < -0.39 is 0 Å². The number of halogens is 1. The zero-order valence-electron chi connectivity index (χ0n) is 10.4. The zero-order chi connectivity index (χ0) is 13.8. The van der Waals surface area contributed by atoms with Crippen molar-refractivity contribution in [3.05, 3.63) is 58.1 Å². The molecule has 0 bridgehead atoms. The summed E-state index contributed by atoms with van der Waals surface area (Å²) in [5, 5.41) is 8.85. The van der Waals surface area contributed by atoms with Crippen molar-refractivity contribution in [3.8, 4) is 17.6 Å². The van der Waals surface area contributed by atoms with E-state index in [-0.39, 0.29) is 6.04 Å². The van der Waals surface area contributed by atoms with E-state index in [4.69, 9.17) is 15.7 Å². The number of rotatable bonds is 3. The molecule has 96 valence electrons. The van der Waals surface area contributed by atoms with E-state index in [1.807, 2.05) is 31.2 Å². The minimum absolute atomic E-state index is 0.0210. The Bertz CT molecular complexity index is 632. The summed E-state index contributed by atoms with van der Waals surface area (Å²) in [7, 11) is 0. The lowest BCUT2D eigenvalue weighted by Gasteiger charge is -2.11. The maximum absolute atomic E-state index is 8.85. The lowest BCUT2D eigenvalue weighted by Crippen LogP contribution is -2.04. The number of hydrogen-bond donors (Lipinski definition) is 1. The fourth-order valence-electron chi connectivity index (χ4n) is 1.64. The summed E-state index contributed by atoms with van der Waals surface area (Å²) in [5.41, 5.74) is 7.43. The highest BCUT2D eigenvalue weighted by Gasteiger charge is 2.07. The Morgan fingerprint density at radius 2 is 2.05 bits per heavy atom. The molecule has 4 heteroatoms. The highest BCUT2D eigenvalue weighted by Crippen LogP contribution is 2.31. The number of ether oxygens (including phenoxy) is 1. The summed E-state index contributed by atoms with van der Waals surface area (Å²) in [5.74, 6) is 1.33. The van der Waals surface area contributed by atoms with E-state index in [2.05, 4.69) is 22.0 Å². The fraction of sp³-hybridized carbons (Fsp3) is 0.133. The molecule has 0 amide bonds. The molecule has 2 aromatic rings. The first-order valence-corrected chi connectivity index (χ1v) is 6.62. The third-order valence-corrected chi connectivity index (χ3v) is 3.29. The quantitative estimate of drug-likeness (QED) is 0.926. The summed E-state index contributed by atoms with van der Waals surface area (Å²) in [6.45, 7) is 1.93. The van der Waals surface area contributed by atoms with Gasteiger partial charge < -0.3 is 10.5 Å². The van der Waals surface area contributed by atoms with Crippen LogP contribution in [0.5, 0.6) is 11.5 Å². The first kappa shape index (κ1) is 13.6. The van der Waals surface area contributed by atoms with Crippen molar-refractivity contribution in [2.24, 2.45) is 5.73 Å². The molecule has 0 spiro atoms. The van der Waals surface area contributed by atoms with Crippen LogP contribution < -0.4 is 10.5 Å². The van der Waals surface area contributed by atoms with Crippen LogP contribution in [0.3, 0.4) is 0 Å². The molecule has 0 radical (unpaired) electrons. The Morgan fingerprint density at radius 3 is 2.68 bits per heavy atom. The van der Waals surface area contributed by atoms with Crippen molar-refractivity contribution < 1.29 is 4.74 Å². The molecule has 1 atom stereocenters. The van der Waals surface area contributed by atoms with Gasteiger partial charge in [-0.1, -0.05) is 12.1 Å². The fourth-order valence-corrected chi connectivity index (χ4v) is 2.12. The molecule has 0 saturated heterocycles. The zero-order valence-corrected chi connectivity index (χ0v) is 12.0. The van der Waals surface area contributed by atoms with E-state index in [0.717, 1.165) is 10.0 Å². The Labute approximate surface area is 120 Å². The monoisotopic (exact) mass is 316 g/mol. The Hall–Kier alpha value is -1.83. The van der Waals surface area contributed by atoms with Crippen molar-refractivity contribution in [3.63, 3.8) is 0 Å². The molecule has 0 unspecified atom stereocenters. The number of nitriles is 1.